The van der Waals surface area contributed by atoms with Crippen molar-refractivity contribution in [3.63, 3.8) is 0 Å². The van der Waals surface area contributed by atoms with Crippen LogP contribution in [0.15, 0.2) is 0 Å². The van der Waals surface area contributed by atoms with E-state index < -0.39 is 18.1 Å². The fourth-order valence-electron chi connectivity index (χ4n) is 0.333. The summed E-state index contributed by atoms with van der Waals surface area (Å²) in [5, 5.41) is 14.7. The van der Waals surface area contributed by atoms with Gasteiger partial charge in [0, 0.05) is 0 Å². The minimum atomic E-state index is -5.08. The molecule has 0 heterocycles. The van der Waals surface area contributed by atoms with Crippen molar-refractivity contribution >= 4 is 11.9 Å². The van der Waals surface area contributed by atoms with Crippen molar-refractivity contribution in [1.82, 2.24) is 0 Å². The maximum absolute atomic E-state index is 10.6. The van der Waals surface area contributed by atoms with Crippen molar-refractivity contribution < 1.29 is 33.0 Å². The fourth-order valence-corrected chi connectivity index (χ4v) is 0.333. The van der Waals surface area contributed by atoms with Gasteiger partial charge in [-0.25, -0.2) is 4.79 Å². The highest BCUT2D eigenvalue weighted by molar-refractivity contribution is 5.73. The first-order chi connectivity index (χ1) is 7.98. The van der Waals surface area contributed by atoms with Crippen molar-refractivity contribution in [3.8, 4) is 0 Å². The van der Waals surface area contributed by atoms with Gasteiger partial charge in [0.15, 0.2) is 0 Å². The van der Waals surface area contributed by atoms with Crippen LogP contribution < -0.4 is 11.5 Å². The zero-order chi connectivity index (χ0) is 15.4. The maximum atomic E-state index is 10.6. The maximum Gasteiger partial charge on any atom is 0.490 e. The topological polar surface area (TPSA) is 127 Å². The molecule has 0 aromatic carbocycles. The molecule has 0 fully saturated rings. The van der Waals surface area contributed by atoms with Crippen molar-refractivity contribution in [2.24, 2.45) is 17.4 Å². The summed E-state index contributed by atoms with van der Waals surface area (Å²) in [4.78, 5) is 18.1. The summed E-state index contributed by atoms with van der Waals surface area (Å²) in [6.45, 7) is 4.90. The standard InChI is InChI=1S/C5H13N.C2HF3O2.C2H5NO2/c1-5(2)3-4-6;3-2(4,5)1(6)7;3-1-2(4)5/h5H,3-4,6H2,1-2H3;(H,6,7);1,3H2,(H,4,5). The molecule has 6 N–H and O–H groups in total. The summed E-state index contributed by atoms with van der Waals surface area (Å²) >= 11 is 0. The van der Waals surface area contributed by atoms with E-state index in [0.29, 0.717) is 0 Å². The molecule has 0 bridgehead atoms. The molecule has 0 saturated heterocycles. The second kappa shape index (κ2) is 12.1. The lowest BCUT2D eigenvalue weighted by molar-refractivity contribution is -0.192. The van der Waals surface area contributed by atoms with Gasteiger partial charge >= 0.3 is 18.1 Å². The number of alkyl halides is 3. The molecule has 0 aliphatic heterocycles. The minimum absolute atomic E-state index is 0.278. The third-order valence-electron chi connectivity index (χ3n) is 1.16. The van der Waals surface area contributed by atoms with E-state index in [-0.39, 0.29) is 6.54 Å². The first kappa shape index (κ1) is 21.9. The number of nitrogens with two attached hydrogens (primary N) is 2. The van der Waals surface area contributed by atoms with E-state index in [1.165, 1.54) is 0 Å². The predicted molar refractivity (Wildman–Crippen MR) is 58.9 cm³/mol. The van der Waals surface area contributed by atoms with E-state index in [9.17, 15) is 18.0 Å². The molecule has 6 nitrogen and oxygen atoms in total. The molecule has 0 aromatic rings. The quantitative estimate of drug-likeness (QED) is 0.599. The largest absolute Gasteiger partial charge is 0.490 e. The van der Waals surface area contributed by atoms with Gasteiger partial charge in [-0.2, -0.15) is 13.2 Å². The van der Waals surface area contributed by atoms with Gasteiger partial charge in [0.25, 0.3) is 0 Å². The lowest BCUT2D eigenvalue weighted by Crippen LogP contribution is -2.21. The van der Waals surface area contributed by atoms with Crippen LogP contribution in [0.5, 0.6) is 0 Å². The first-order valence-corrected chi connectivity index (χ1v) is 4.91. The highest BCUT2D eigenvalue weighted by Crippen LogP contribution is 2.13. The molecule has 0 saturated carbocycles. The van der Waals surface area contributed by atoms with Crippen molar-refractivity contribution in [1.29, 1.82) is 0 Å². The number of carboxylic acid groups (broad SMARTS) is 2. The molecule has 0 amide bonds. The van der Waals surface area contributed by atoms with E-state index in [2.05, 4.69) is 19.6 Å². The summed E-state index contributed by atoms with van der Waals surface area (Å²) in [5.74, 6) is -2.95. The van der Waals surface area contributed by atoms with Crippen molar-refractivity contribution in [3.05, 3.63) is 0 Å². The Balaban J connectivity index is -0.000000190. The van der Waals surface area contributed by atoms with Crippen LogP contribution in [-0.2, 0) is 9.59 Å². The van der Waals surface area contributed by atoms with E-state index in [4.69, 9.17) is 20.7 Å². The van der Waals surface area contributed by atoms with E-state index in [1.807, 2.05) is 0 Å². The number of rotatable bonds is 3. The second-order valence-electron chi connectivity index (χ2n) is 3.37. The monoisotopic (exact) mass is 276 g/mol. The van der Waals surface area contributed by atoms with Crippen LogP contribution in [0.3, 0.4) is 0 Å². The Labute approximate surface area is 103 Å². The number of hydrogen-bond acceptors (Lipinski definition) is 4. The van der Waals surface area contributed by atoms with Crippen LogP contribution in [-0.4, -0.2) is 41.4 Å². The number of carbonyl (C=O) groups is 2. The number of aliphatic carboxylic acids is 2. The van der Waals surface area contributed by atoms with Gasteiger partial charge in [0.1, 0.15) is 0 Å². The molecule has 0 aromatic heterocycles. The highest BCUT2D eigenvalue weighted by atomic mass is 19.4. The smallest absolute Gasteiger partial charge is 0.480 e. The average molecular weight is 276 g/mol. The Bertz CT molecular complexity index is 232. The van der Waals surface area contributed by atoms with Gasteiger partial charge in [-0.3, -0.25) is 4.79 Å². The van der Waals surface area contributed by atoms with Gasteiger partial charge in [0.05, 0.1) is 6.54 Å². The molecular weight excluding hydrogens is 257 g/mol. The third-order valence-corrected chi connectivity index (χ3v) is 1.16. The van der Waals surface area contributed by atoms with Crippen LogP contribution >= 0.6 is 0 Å². The zero-order valence-corrected chi connectivity index (χ0v) is 10.2. The Morgan fingerprint density at radius 1 is 1.17 bits per heavy atom. The summed E-state index contributed by atoms with van der Waals surface area (Å²) in [6, 6.07) is 0. The third kappa shape index (κ3) is 29.3. The van der Waals surface area contributed by atoms with Crippen LogP contribution in [0, 0.1) is 5.92 Å². The summed E-state index contributed by atoms with van der Waals surface area (Å²) in [7, 11) is 0. The van der Waals surface area contributed by atoms with Gasteiger partial charge in [0.2, 0.25) is 0 Å². The Hall–Kier alpha value is -1.35. The molecule has 0 rings (SSSR count). The Kier molecular flexibility index (Phi) is 14.7. The van der Waals surface area contributed by atoms with Crippen LogP contribution in [0.25, 0.3) is 0 Å². The molecule has 0 aliphatic carbocycles. The van der Waals surface area contributed by atoms with E-state index in [1.54, 1.807) is 0 Å². The molecule has 0 spiro atoms. The lowest BCUT2D eigenvalue weighted by atomic mass is 10.1. The van der Waals surface area contributed by atoms with Crippen molar-refractivity contribution in [2.75, 3.05) is 13.1 Å². The van der Waals surface area contributed by atoms with Crippen LogP contribution in [0.1, 0.15) is 20.3 Å². The van der Waals surface area contributed by atoms with E-state index in [0.717, 1.165) is 18.9 Å². The van der Waals surface area contributed by atoms with Gasteiger partial charge < -0.3 is 21.7 Å². The predicted octanol–water partition coefficient (Wildman–Crippen LogP) is 0.654. The number of hydrogen-bond donors (Lipinski definition) is 4. The number of carboxylic acids is 2. The lowest BCUT2D eigenvalue weighted by Gasteiger charge is -1.96. The molecule has 0 atom stereocenters. The normalized spacial score (nSPS) is 9.78. The summed E-state index contributed by atoms with van der Waals surface area (Å²) in [5.41, 5.74) is 9.80. The molecule has 18 heavy (non-hydrogen) atoms. The zero-order valence-electron chi connectivity index (χ0n) is 10.2. The molecule has 0 aliphatic rings. The first-order valence-electron chi connectivity index (χ1n) is 4.91. The molecule has 110 valence electrons. The fraction of sp³-hybridized carbons (Fsp3) is 0.778. The summed E-state index contributed by atoms with van der Waals surface area (Å²) in [6.07, 6.45) is -3.93. The van der Waals surface area contributed by atoms with Crippen LogP contribution in [0.4, 0.5) is 13.2 Å². The SMILES string of the molecule is CC(C)CCN.NCC(=O)O.O=C(O)C(F)(F)F. The molecule has 0 unspecified atom stereocenters. The molecular formula is C9H19F3N2O4. The average Bonchev–Trinajstić information content (AvgIpc) is 2.17. The van der Waals surface area contributed by atoms with Crippen molar-refractivity contribution in [2.45, 2.75) is 26.4 Å². The molecule has 9 heteroatoms. The van der Waals surface area contributed by atoms with Gasteiger partial charge in [-0.05, 0) is 18.9 Å². The number of halogens is 3. The highest BCUT2D eigenvalue weighted by Gasteiger charge is 2.38. The van der Waals surface area contributed by atoms with Gasteiger partial charge in [-0.1, -0.05) is 13.8 Å². The van der Waals surface area contributed by atoms with E-state index >= 15 is 0 Å². The van der Waals surface area contributed by atoms with Gasteiger partial charge in [-0.15, -0.1) is 0 Å². The Morgan fingerprint density at radius 2 is 1.44 bits per heavy atom. The minimum Gasteiger partial charge on any atom is -0.480 e. The second-order valence-corrected chi connectivity index (χ2v) is 3.37. The Morgan fingerprint density at radius 3 is 1.44 bits per heavy atom. The summed E-state index contributed by atoms with van der Waals surface area (Å²) < 4.78 is 31.7. The van der Waals surface area contributed by atoms with Crippen LogP contribution in [0.2, 0.25) is 0 Å². The molecule has 0 radical (unpaired) electrons.